The van der Waals surface area contributed by atoms with Crippen molar-refractivity contribution >= 4 is 11.8 Å². The van der Waals surface area contributed by atoms with Crippen LogP contribution in [0.25, 0.3) is 0 Å². The Morgan fingerprint density at radius 3 is 2.35 bits per heavy atom. The Balaban J connectivity index is 3.32. The van der Waals surface area contributed by atoms with Crippen LogP contribution in [-0.2, 0) is 4.79 Å². The van der Waals surface area contributed by atoms with E-state index in [1.165, 1.54) is 21.1 Å². The van der Waals surface area contributed by atoms with Gasteiger partial charge < -0.3 is 14.6 Å². The first-order chi connectivity index (χ1) is 10.9. The molecule has 0 aromatic heterocycles. The van der Waals surface area contributed by atoms with E-state index in [0.29, 0.717) is 17.1 Å². The summed E-state index contributed by atoms with van der Waals surface area (Å²) in [5, 5.41) is 9.23. The standard InChI is InChI=1S/C18H26O5/c1-5-6-7-8-13(11-17(20)21)15-9-14(12(2)19)10-16(22-3)18(15)23-4/h9-10,13H,5-8,11H2,1-4H3,(H,20,21). The minimum atomic E-state index is -0.860. The number of aliphatic carboxylic acids is 1. The maximum Gasteiger partial charge on any atom is 0.303 e. The molecule has 0 aliphatic heterocycles. The molecule has 0 aliphatic rings. The van der Waals surface area contributed by atoms with Gasteiger partial charge in [-0.25, -0.2) is 0 Å². The molecular formula is C18H26O5. The first-order valence-electron chi connectivity index (χ1n) is 7.93. The fourth-order valence-corrected chi connectivity index (χ4v) is 2.72. The Morgan fingerprint density at radius 1 is 1.17 bits per heavy atom. The smallest absolute Gasteiger partial charge is 0.303 e. The lowest BCUT2D eigenvalue weighted by Gasteiger charge is -2.21. The molecule has 1 N–H and O–H groups in total. The van der Waals surface area contributed by atoms with E-state index in [-0.39, 0.29) is 18.1 Å². The van der Waals surface area contributed by atoms with Crippen molar-refractivity contribution in [3.05, 3.63) is 23.3 Å². The molecule has 1 aromatic carbocycles. The van der Waals surface area contributed by atoms with Gasteiger partial charge in [0.25, 0.3) is 0 Å². The summed E-state index contributed by atoms with van der Waals surface area (Å²) >= 11 is 0. The van der Waals surface area contributed by atoms with Crippen LogP contribution < -0.4 is 9.47 Å². The Kier molecular flexibility index (Phi) is 7.59. The van der Waals surface area contributed by atoms with Crippen molar-refractivity contribution in [1.82, 2.24) is 0 Å². The number of ketones is 1. The van der Waals surface area contributed by atoms with E-state index >= 15 is 0 Å². The molecule has 1 atom stereocenters. The van der Waals surface area contributed by atoms with E-state index in [0.717, 1.165) is 31.2 Å². The summed E-state index contributed by atoms with van der Waals surface area (Å²) in [7, 11) is 3.04. The van der Waals surface area contributed by atoms with Crippen LogP contribution in [-0.4, -0.2) is 31.1 Å². The van der Waals surface area contributed by atoms with Gasteiger partial charge in [0, 0.05) is 11.1 Å². The van der Waals surface area contributed by atoms with Crippen LogP contribution in [0.2, 0.25) is 0 Å². The Hall–Kier alpha value is -2.04. The van der Waals surface area contributed by atoms with Gasteiger partial charge in [-0.2, -0.15) is 0 Å². The third-order valence-corrected chi connectivity index (χ3v) is 3.93. The molecule has 0 spiro atoms. The topological polar surface area (TPSA) is 72.8 Å². The highest BCUT2D eigenvalue weighted by Crippen LogP contribution is 2.40. The first kappa shape index (κ1) is 19.0. The van der Waals surface area contributed by atoms with Gasteiger partial charge in [0.2, 0.25) is 0 Å². The minimum absolute atomic E-state index is 0.00455. The molecule has 0 radical (unpaired) electrons. The second-order valence-electron chi connectivity index (χ2n) is 5.65. The molecule has 0 amide bonds. The van der Waals surface area contributed by atoms with Crippen LogP contribution in [0.4, 0.5) is 0 Å². The predicted molar refractivity (Wildman–Crippen MR) is 88.7 cm³/mol. The molecule has 0 saturated carbocycles. The molecule has 1 aromatic rings. The lowest BCUT2D eigenvalue weighted by atomic mass is 9.88. The monoisotopic (exact) mass is 322 g/mol. The van der Waals surface area contributed by atoms with Crippen LogP contribution in [0.3, 0.4) is 0 Å². The zero-order chi connectivity index (χ0) is 17.4. The minimum Gasteiger partial charge on any atom is -0.493 e. The highest BCUT2D eigenvalue weighted by Gasteiger charge is 2.23. The van der Waals surface area contributed by atoms with Crippen LogP contribution in [0, 0.1) is 0 Å². The fraction of sp³-hybridized carbons (Fsp3) is 0.556. The molecule has 5 heteroatoms. The molecule has 0 heterocycles. The number of carboxylic acid groups (broad SMARTS) is 1. The highest BCUT2D eigenvalue weighted by atomic mass is 16.5. The van der Waals surface area contributed by atoms with Crippen LogP contribution in [0.15, 0.2) is 12.1 Å². The van der Waals surface area contributed by atoms with Crippen molar-refractivity contribution in [3.8, 4) is 11.5 Å². The third kappa shape index (κ3) is 5.27. The van der Waals surface area contributed by atoms with Crippen molar-refractivity contribution in [2.75, 3.05) is 14.2 Å². The summed E-state index contributed by atoms with van der Waals surface area (Å²) in [5.74, 6) is -0.181. The first-order valence-corrected chi connectivity index (χ1v) is 7.93. The molecule has 1 unspecified atom stereocenters. The number of methoxy groups -OCH3 is 2. The van der Waals surface area contributed by atoms with Gasteiger partial charge in [0.1, 0.15) is 0 Å². The van der Waals surface area contributed by atoms with Gasteiger partial charge in [-0.05, 0) is 31.4 Å². The van der Waals surface area contributed by atoms with Crippen molar-refractivity contribution in [1.29, 1.82) is 0 Å². The summed E-state index contributed by atoms with van der Waals surface area (Å²) < 4.78 is 10.8. The quantitative estimate of drug-likeness (QED) is 0.520. The van der Waals surface area contributed by atoms with Gasteiger partial charge in [0.05, 0.1) is 20.6 Å². The van der Waals surface area contributed by atoms with Gasteiger partial charge in [-0.1, -0.05) is 26.2 Å². The zero-order valence-electron chi connectivity index (χ0n) is 14.3. The van der Waals surface area contributed by atoms with Gasteiger partial charge >= 0.3 is 5.97 Å². The SMILES string of the molecule is CCCCCC(CC(=O)O)c1cc(C(C)=O)cc(OC)c1OC. The summed E-state index contributed by atoms with van der Waals surface area (Å²) in [5.41, 5.74) is 1.24. The molecule has 1 rings (SSSR count). The number of unbranched alkanes of at least 4 members (excludes halogenated alkanes) is 2. The average Bonchev–Trinajstić information content (AvgIpc) is 2.52. The molecule has 0 aliphatic carbocycles. The maximum atomic E-state index is 11.8. The normalized spacial score (nSPS) is 11.8. The average molecular weight is 322 g/mol. The van der Waals surface area contributed by atoms with Gasteiger partial charge in [-0.3, -0.25) is 9.59 Å². The van der Waals surface area contributed by atoms with Crippen molar-refractivity contribution < 1.29 is 24.2 Å². The second-order valence-corrected chi connectivity index (χ2v) is 5.65. The Bertz CT molecular complexity index is 551. The number of carboxylic acids is 1. The van der Waals surface area contributed by atoms with Crippen LogP contribution in [0.1, 0.15) is 67.8 Å². The number of carbonyl (C=O) groups is 2. The molecule has 23 heavy (non-hydrogen) atoms. The van der Waals surface area contributed by atoms with Crippen LogP contribution >= 0.6 is 0 Å². The largest absolute Gasteiger partial charge is 0.493 e. The number of hydrogen-bond acceptors (Lipinski definition) is 4. The van der Waals surface area contributed by atoms with E-state index in [2.05, 4.69) is 6.92 Å². The summed E-state index contributed by atoms with van der Waals surface area (Å²) in [4.78, 5) is 23.0. The number of Topliss-reactive ketones (excluding diaryl/α,β-unsaturated/α-hetero) is 1. The molecule has 5 nitrogen and oxygen atoms in total. The summed E-state index contributed by atoms with van der Waals surface area (Å²) in [6.07, 6.45) is 3.78. The van der Waals surface area contributed by atoms with E-state index in [4.69, 9.17) is 9.47 Å². The molecular weight excluding hydrogens is 296 g/mol. The third-order valence-electron chi connectivity index (χ3n) is 3.93. The lowest BCUT2D eigenvalue weighted by molar-refractivity contribution is -0.137. The Morgan fingerprint density at radius 2 is 1.87 bits per heavy atom. The number of ether oxygens (including phenoxy) is 2. The maximum absolute atomic E-state index is 11.8. The molecule has 0 saturated heterocycles. The van der Waals surface area contributed by atoms with Gasteiger partial charge in [0.15, 0.2) is 17.3 Å². The van der Waals surface area contributed by atoms with Crippen molar-refractivity contribution in [2.45, 2.75) is 51.9 Å². The predicted octanol–water partition coefficient (Wildman–Crippen LogP) is 4.05. The number of carbonyl (C=O) groups excluding carboxylic acids is 1. The second kappa shape index (κ2) is 9.18. The number of hydrogen-bond donors (Lipinski definition) is 1. The van der Waals surface area contributed by atoms with E-state index in [9.17, 15) is 14.7 Å². The lowest BCUT2D eigenvalue weighted by Crippen LogP contribution is -2.10. The van der Waals surface area contributed by atoms with E-state index < -0.39 is 5.97 Å². The summed E-state index contributed by atoms with van der Waals surface area (Å²) in [6.45, 7) is 3.58. The zero-order valence-corrected chi connectivity index (χ0v) is 14.3. The molecule has 128 valence electrons. The van der Waals surface area contributed by atoms with Gasteiger partial charge in [-0.15, -0.1) is 0 Å². The van der Waals surface area contributed by atoms with E-state index in [1.54, 1.807) is 12.1 Å². The molecule has 0 fully saturated rings. The summed E-state index contributed by atoms with van der Waals surface area (Å²) in [6, 6.07) is 3.37. The van der Waals surface area contributed by atoms with Crippen molar-refractivity contribution in [3.63, 3.8) is 0 Å². The molecule has 0 bridgehead atoms. The van der Waals surface area contributed by atoms with E-state index in [1.807, 2.05) is 0 Å². The fourth-order valence-electron chi connectivity index (χ4n) is 2.72. The van der Waals surface area contributed by atoms with Crippen molar-refractivity contribution in [2.24, 2.45) is 0 Å². The highest BCUT2D eigenvalue weighted by molar-refractivity contribution is 5.95. The number of benzene rings is 1. The number of rotatable bonds is 10. The Labute approximate surface area is 137 Å². The van der Waals surface area contributed by atoms with Crippen LogP contribution in [0.5, 0.6) is 11.5 Å².